The summed E-state index contributed by atoms with van der Waals surface area (Å²) < 4.78 is 22.1. The number of nitrogens with zero attached hydrogens (tertiary/aromatic N) is 5. The lowest BCUT2D eigenvalue weighted by Gasteiger charge is -2.24. The van der Waals surface area contributed by atoms with Crippen molar-refractivity contribution < 1.29 is 24.2 Å². The minimum absolute atomic E-state index is 0.183. The molecule has 0 spiro atoms. The number of fused-ring (bicyclic) bond motifs is 1. The number of alkyl halides is 1. The van der Waals surface area contributed by atoms with E-state index in [0.717, 1.165) is 0 Å². The van der Waals surface area contributed by atoms with Crippen LogP contribution in [0.25, 0.3) is 11.2 Å². The van der Waals surface area contributed by atoms with Crippen LogP contribution in [0.3, 0.4) is 0 Å². The third-order valence-corrected chi connectivity index (χ3v) is 4.28. The third-order valence-electron chi connectivity index (χ3n) is 4.28. The van der Waals surface area contributed by atoms with Gasteiger partial charge in [-0.1, -0.05) is 0 Å². The van der Waals surface area contributed by atoms with Crippen LogP contribution in [-0.4, -0.2) is 74.9 Å². The summed E-state index contributed by atoms with van der Waals surface area (Å²) in [5.41, 5.74) is 1.24. The number of hydrogen-bond acceptors (Lipinski definition) is 9. The van der Waals surface area contributed by atoms with Crippen LogP contribution < -0.4 is 10.4 Å². The minimum atomic E-state index is -2.14. The van der Waals surface area contributed by atoms with E-state index >= 15 is 4.39 Å². The van der Waals surface area contributed by atoms with Crippen LogP contribution in [0.2, 0.25) is 0 Å². The average molecular weight is 370 g/mol. The van der Waals surface area contributed by atoms with E-state index in [1.165, 1.54) is 17.8 Å². The minimum Gasteiger partial charge on any atom is -0.394 e. The van der Waals surface area contributed by atoms with Gasteiger partial charge in [-0.3, -0.25) is 9.40 Å². The van der Waals surface area contributed by atoms with Crippen LogP contribution in [0.4, 0.5) is 16.2 Å². The van der Waals surface area contributed by atoms with E-state index < -0.39 is 30.7 Å². The van der Waals surface area contributed by atoms with E-state index in [1.54, 1.807) is 25.9 Å². The van der Waals surface area contributed by atoms with Crippen LogP contribution in [0, 0.1) is 0 Å². The fourth-order valence-corrected chi connectivity index (χ4v) is 2.93. The second-order valence-corrected chi connectivity index (χ2v) is 6.43. The lowest BCUT2D eigenvalue weighted by atomic mass is 9.98. The molecule has 1 aliphatic rings. The monoisotopic (exact) mass is 370 g/mol. The zero-order valence-electron chi connectivity index (χ0n) is 15.0. The Labute approximate surface area is 149 Å². The molecule has 0 bridgehead atoms. The highest BCUT2D eigenvalue weighted by Crippen LogP contribution is 2.42. The van der Waals surface area contributed by atoms with Gasteiger partial charge in [-0.05, 0) is 13.8 Å². The standard InChI is InChI=1S/C15H23FN6O4/c1-5-25-20-14-18-11(21(3)4)9-12(19-14)22(7-17-9)13-15(2,16)10(24)8(6-23)26-13/h7-8,10,13,23-24H,5-6H2,1-4H3,(H,18,19,20)/t8-,10-,13-,15-/m1/s1. The highest BCUT2D eigenvalue weighted by atomic mass is 19.1. The first-order valence-corrected chi connectivity index (χ1v) is 8.24. The topological polar surface area (TPSA) is 118 Å². The first-order chi connectivity index (χ1) is 12.3. The van der Waals surface area contributed by atoms with E-state index in [1.807, 2.05) is 0 Å². The molecule has 3 rings (SSSR count). The number of aromatic nitrogens is 4. The van der Waals surface area contributed by atoms with Crippen molar-refractivity contribution in [1.82, 2.24) is 19.5 Å². The molecule has 1 fully saturated rings. The predicted molar refractivity (Wildman–Crippen MR) is 91.4 cm³/mol. The summed E-state index contributed by atoms with van der Waals surface area (Å²) in [6.45, 7) is 2.92. The molecule has 1 saturated heterocycles. The number of rotatable bonds is 6. The van der Waals surface area contributed by atoms with E-state index in [2.05, 4.69) is 20.4 Å². The lowest BCUT2D eigenvalue weighted by molar-refractivity contribution is -0.0566. The van der Waals surface area contributed by atoms with Crippen molar-refractivity contribution in [3.63, 3.8) is 0 Å². The molecule has 0 amide bonds. The van der Waals surface area contributed by atoms with Crippen molar-refractivity contribution >= 4 is 22.9 Å². The summed E-state index contributed by atoms with van der Waals surface area (Å²) in [5.74, 6) is 0.691. The molecule has 0 aliphatic carbocycles. The normalized spacial score (nSPS) is 28.7. The Bertz CT molecular complexity index is 783. The number of aliphatic hydroxyl groups is 2. The maximum absolute atomic E-state index is 15.1. The maximum Gasteiger partial charge on any atom is 0.251 e. The first-order valence-electron chi connectivity index (χ1n) is 8.24. The van der Waals surface area contributed by atoms with Crippen molar-refractivity contribution in [1.29, 1.82) is 0 Å². The number of anilines is 2. The van der Waals surface area contributed by atoms with Gasteiger partial charge in [0.1, 0.15) is 12.2 Å². The van der Waals surface area contributed by atoms with Gasteiger partial charge in [0.15, 0.2) is 28.9 Å². The zero-order valence-corrected chi connectivity index (χ0v) is 15.0. The number of ether oxygens (including phenoxy) is 1. The molecule has 0 radical (unpaired) electrons. The van der Waals surface area contributed by atoms with Crippen LogP contribution in [0.1, 0.15) is 20.1 Å². The quantitative estimate of drug-likeness (QED) is 0.614. The zero-order chi connectivity index (χ0) is 19.1. The summed E-state index contributed by atoms with van der Waals surface area (Å²) in [6.07, 6.45) is -2.34. The molecule has 2 aromatic heterocycles. The van der Waals surface area contributed by atoms with E-state index in [4.69, 9.17) is 9.57 Å². The van der Waals surface area contributed by atoms with E-state index in [-0.39, 0.29) is 5.95 Å². The molecule has 10 nitrogen and oxygen atoms in total. The Hall–Kier alpha value is -2.08. The van der Waals surface area contributed by atoms with Crippen LogP contribution in [0.5, 0.6) is 0 Å². The highest BCUT2D eigenvalue weighted by molar-refractivity contribution is 5.84. The second-order valence-electron chi connectivity index (χ2n) is 6.43. The van der Waals surface area contributed by atoms with Crippen LogP contribution >= 0.6 is 0 Å². The van der Waals surface area contributed by atoms with Gasteiger partial charge in [0, 0.05) is 14.1 Å². The number of nitrogens with one attached hydrogen (secondary N) is 1. The van der Waals surface area contributed by atoms with Crippen LogP contribution in [0.15, 0.2) is 6.33 Å². The average Bonchev–Trinajstić information content (AvgIpc) is 3.11. The Balaban J connectivity index is 2.11. The van der Waals surface area contributed by atoms with Crippen molar-refractivity contribution in [2.75, 3.05) is 37.7 Å². The molecule has 0 unspecified atom stereocenters. The van der Waals surface area contributed by atoms with Gasteiger partial charge >= 0.3 is 0 Å². The molecule has 0 aromatic carbocycles. The van der Waals surface area contributed by atoms with Gasteiger partial charge in [0.25, 0.3) is 5.95 Å². The molecule has 11 heteroatoms. The van der Waals surface area contributed by atoms with Crippen molar-refractivity contribution in [3.05, 3.63) is 6.33 Å². The first kappa shape index (κ1) is 18.7. The third kappa shape index (κ3) is 2.96. The Morgan fingerprint density at radius 2 is 2.19 bits per heavy atom. The van der Waals surface area contributed by atoms with Crippen molar-refractivity contribution in [3.8, 4) is 0 Å². The predicted octanol–water partition coefficient (Wildman–Crippen LogP) is 0.234. The number of hydrogen-bond donors (Lipinski definition) is 3. The summed E-state index contributed by atoms with van der Waals surface area (Å²) in [7, 11) is 3.59. The highest BCUT2D eigenvalue weighted by Gasteiger charge is 2.55. The Morgan fingerprint density at radius 1 is 1.46 bits per heavy atom. The summed E-state index contributed by atoms with van der Waals surface area (Å²) in [6, 6.07) is 0. The largest absolute Gasteiger partial charge is 0.394 e. The smallest absolute Gasteiger partial charge is 0.251 e. The fourth-order valence-electron chi connectivity index (χ4n) is 2.93. The number of halogens is 1. The number of aliphatic hydroxyl groups excluding tert-OH is 2. The molecule has 1 aliphatic heterocycles. The second kappa shape index (κ2) is 6.91. The Kier molecular flexibility index (Phi) is 4.97. The SMILES string of the molecule is CCONc1nc(N(C)C)c2ncn([C@@H]3O[C@H](CO)[C@@H](O)[C@@]3(C)F)c2n1. The molecule has 0 saturated carbocycles. The molecule has 4 atom stereocenters. The van der Waals surface area contributed by atoms with Gasteiger partial charge in [0.2, 0.25) is 0 Å². The molecular formula is C15H23FN6O4. The van der Waals surface area contributed by atoms with Crippen molar-refractivity contribution in [2.24, 2.45) is 0 Å². The summed E-state index contributed by atoms with van der Waals surface area (Å²) in [5, 5.41) is 19.4. The molecule has 26 heavy (non-hydrogen) atoms. The molecule has 2 aromatic rings. The molecular weight excluding hydrogens is 347 g/mol. The molecule has 3 heterocycles. The van der Waals surface area contributed by atoms with Gasteiger partial charge in [-0.2, -0.15) is 9.97 Å². The van der Waals surface area contributed by atoms with E-state index in [0.29, 0.717) is 23.6 Å². The number of imidazole rings is 1. The maximum atomic E-state index is 15.1. The van der Waals surface area contributed by atoms with Crippen molar-refractivity contribution in [2.45, 2.75) is 38.0 Å². The van der Waals surface area contributed by atoms with Gasteiger partial charge < -0.3 is 19.8 Å². The van der Waals surface area contributed by atoms with E-state index in [9.17, 15) is 10.2 Å². The summed E-state index contributed by atoms with van der Waals surface area (Å²) in [4.78, 5) is 19.8. The molecule has 3 N–H and O–H groups in total. The Morgan fingerprint density at radius 3 is 2.77 bits per heavy atom. The summed E-state index contributed by atoms with van der Waals surface area (Å²) >= 11 is 0. The van der Waals surface area contributed by atoms with Gasteiger partial charge in [-0.15, -0.1) is 0 Å². The van der Waals surface area contributed by atoms with Crippen LogP contribution in [-0.2, 0) is 9.57 Å². The van der Waals surface area contributed by atoms with Gasteiger partial charge in [-0.25, -0.2) is 14.9 Å². The van der Waals surface area contributed by atoms with Gasteiger partial charge in [0.05, 0.1) is 19.5 Å². The molecule has 144 valence electrons. The lowest BCUT2D eigenvalue weighted by Crippen LogP contribution is -2.40. The fraction of sp³-hybridized carbons (Fsp3) is 0.667.